The van der Waals surface area contributed by atoms with E-state index >= 15 is 0 Å². The third-order valence-corrected chi connectivity index (χ3v) is 0.737. The van der Waals surface area contributed by atoms with Crippen molar-refractivity contribution in [1.29, 1.82) is 0 Å². The lowest BCUT2D eigenvalue weighted by atomic mass is 10.3. The molecule has 0 aromatic rings. The summed E-state index contributed by atoms with van der Waals surface area (Å²) in [5.41, 5.74) is 0. The van der Waals surface area contributed by atoms with Crippen LogP contribution in [0.1, 0.15) is 6.42 Å². The molecule has 0 aromatic carbocycles. The highest BCUT2D eigenvalue weighted by molar-refractivity contribution is 5.74. The Morgan fingerprint density at radius 1 is 1.89 bits per heavy atom. The molecule has 1 unspecified atom stereocenters. The van der Waals surface area contributed by atoms with Gasteiger partial charge in [0, 0.05) is 0 Å². The van der Waals surface area contributed by atoms with Crippen LogP contribution in [0.25, 0.3) is 0 Å². The standard InChI is InChI=1S/C5H7FO3/c1-9-5(8)2-4(6)3-7/h3-4H,2H2,1H3. The first-order chi connectivity index (χ1) is 4.20. The monoisotopic (exact) mass is 134 g/mol. The summed E-state index contributed by atoms with van der Waals surface area (Å²) in [4.78, 5) is 19.7. The molecule has 4 heteroatoms. The number of aldehydes is 1. The van der Waals surface area contributed by atoms with Crippen molar-refractivity contribution >= 4 is 12.3 Å². The van der Waals surface area contributed by atoms with E-state index in [1.807, 2.05) is 0 Å². The van der Waals surface area contributed by atoms with Gasteiger partial charge in [-0.2, -0.15) is 0 Å². The smallest absolute Gasteiger partial charge is 0.308 e. The Morgan fingerprint density at radius 2 is 2.44 bits per heavy atom. The van der Waals surface area contributed by atoms with E-state index in [1.54, 1.807) is 0 Å². The van der Waals surface area contributed by atoms with E-state index in [2.05, 4.69) is 4.74 Å². The van der Waals surface area contributed by atoms with Gasteiger partial charge in [-0.25, -0.2) is 4.39 Å². The molecule has 0 rings (SSSR count). The van der Waals surface area contributed by atoms with Gasteiger partial charge in [0.1, 0.15) is 0 Å². The van der Waals surface area contributed by atoms with Crippen LogP contribution in [-0.2, 0) is 14.3 Å². The van der Waals surface area contributed by atoms with Crippen LogP contribution in [0, 0.1) is 0 Å². The van der Waals surface area contributed by atoms with Gasteiger partial charge in [0.25, 0.3) is 0 Å². The van der Waals surface area contributed by atoms with Gasteiger partial charge in [0.15, 0.2) is 12.5 Å². The Bertz CT molecular complexity index is 113. The first-order valence-corrected chi connectivity index (χ1v) is 2.37. The van der Waals surface area contributed by atoms with Crippen molar-refractivity contribution in [3.8, 4) is 0 Å². The minimum absolute atomic E-state index is 0.0664. The molecule has 0 bridgehead atoms. The van der Waals surface area contributed by atoms with Crippen LogP contribution in [0.3, 0.4) is 0 Å². The fraction of sp³-hybridized carbons (Fsp3) is 0.600. The number of carbonyl (C=O) groups excluding carboxylic acids is 2. The lowest BCUT2D eigenvalue weighted by Gasteiger charge is -1.96. The molecule has 0 aliphatic heterocycles. The Balaban J connectivity index is 3.46. The molecule has 0 fully saturated rings. The summed E-state index contributed by atoms with van der Waals surface area (Å²) in [5, 5.41) is 0. The van der Waals surface area contributed by atoms with Gasteiger partial charge in [0.05, 0.1) is 13.5 Å². The second-order valence-corrected chi connectivity index (χ2v) is 1.43. The minimum atomic E-state index is -1.72. The van der Waals surface area contributed by atoms with Crippen molar-refractivity contribution in [3.63, 3.8) is 0 Å². The summed E-state index contributed by atoms with van der Waals surface area (Å²) in [6.45, 7) is 0. The summed E-state index contributed by atoms with van der Waals surface area (Å²) < 4.78 is 16.0. The molecule has 52 valence electrons. The van der Waals surface area contributed by atoms with E-state index in [1.165, 1.54) is 0 Å². The first-order valence-electron chi connectivity index (χ1n) is 2.37. The van der Waals surface area contributed by atoms with Crippen molar-refractivity contribution in [2.24, 2.45) is 0 Å². The van der Waals surface area contributed by atoms with E-state index in [0.29, 0.717) is 0 Å². The number of ether oxygens (including phenoxy) is 1. The molecule has 3 nitrogen and oxygen atoms in total. The Labute approximate surface area is 51.8 Å². The molecule has 1 atom stereocenters. The highest BCUT2D eigenvalue weighted by Gasteiger charge is 2.10. The van der Waals surface area contributed by atoms with Crippen LogP contribution in [-0.4, -0.2) is 25.5 Å². The summed E-state index contributed by atoms with van der Waals surface area (Å²) in [6.07, 6.45) is -2.14. The van der Waals surface area contributed by atoms with Crippen LogP contribution in [0.2, 0.25) is 0 Å². The first kappa shape index (κ1) is 8.07. The predicted molar refractivity (Wildman–Crippen MR) is 27.6 cm³/mol. The summed E-state index contributed by atoms with van der Waals surface area (Å²) >= 11 is 0. The molecule has 0 aliphatic carbocycles. The van der Waals surface area contributed by atoms with Gasteiger partial charge < -0.3 is 9.53 Å². The van der Waals surface area contributed by atoms with Crippen LogP contribution in [0.4, 0.5) is 4.39 Å². The molecule has 0 saturated heterocycles. The van der Waals surface area contributed by atoms with Crippen LogP contribution < -0.4 is 0 Å². The molecule has 0 aliphatic rings. The Hall–Kier alpha value is -0.930. The van der Waals surface area contributed by atoms with E-state index in [-0.39, 0.29) is 6.29 Å². The number of methoxy groups -OCH3 is 1. The lowest BCUT2D eigenvalue weighted by Crippen LogP contribution is -2.10. The summed E-state index contributed by atoms with van der Waals surface area (Å²) in [6, 6.07) is 0. The summed E-state index contributed by atoms with van der Waals surface area (Å²) in [7, 11) is 1.14. The molecular formula is C5H7FO3. The lowest BCUT2D eigenvalue weighted by molar-refractivity contribution is -0.142. The minimum Gasteiger partial charge on any atom is -0.469 e. The van der Waals surface area contributed by atoms with Crippen molar-refractivity contribution in [2.75, 3.05) is 7.11 Å². The zero-order chi connectivity index (χ0) is 7.28. The van der Waals surface area contributed by atoms with Gasteiger partial charge in [0.2, 0.25) is 0 Å². The Kier molecular flexibility index (Phi) is 3.59. The van der Waals surface area contributed by atoms with Crippen molar-refractivity contribution < 1.29 is 18.7 Å². The van der Waals surface area contributed by atoms with Gasteiger partial charge in [-0.1, -0.05) is 0 Å². The third kappa shape index (κ3) is 3.64. The van der Waals surface area contributed by atoms with E-state index in [9.17, 15) is 14.0 Å². The third-order valence-electron chi connectivity index (χ3n) is 0.737. The van der Waals surface area contributed by atoms with Crippen LogP contribution in [0.5, 0.6) is 0 Å². The maximum atomic E-state index is 11.9. The zero-order valence-corrected chi connectivity index (χ0v) is 4.96. The second-order valence-electron chi connectivity index (χ2n) is 1.43. The molecule has 0 spiro atoms. The zero-order valence-electron chi connectivity index (χ0n) is 4.96. The maximum absolute atomic E-state index is 11.9. The van der Waals surface area contributed by atoms with Crippen LogP contribution >= 0.6 is 0 Å². The Morgan fingerprint density at radius 3 is 2.78 bits per heavy atom. The maximum Gasteiger partial charge on any atom is 0.308 e. The average Bonchev–Trinajstić information content (AvgIpc) is 1.87. The highest BCUT2D eigenvalue weighted by atomic mass is 19.1. The highest BCUT2D eigenvalue weighted by Crippen LogP contribution is 1.94. The fourth-order valence-electron chi connectivity index (χ4n) is 0.291. The number of hydrogen-bond donors (Lipinski definition) is 0. The van der Waals surface area contributed by atoms with Gasteiger partial charge in [-0.15, -0.1) is 0 Å². The number of halogens is 1. The van der Waals surface area contributed by atoms with Gasteiger partial charge in [-0.05, 0) is 0 Å². The van der Waals surface area contributed by atoms with Gasteiger partial charge >= 0.3 is 5.97 Å². The van der Waals surface area contributed by atoms with E-state index in [0.717, 1.165) is 7.11 Å². The number of alkyl halides is 1. The fourth-order valence-corrected chi connectivity index (χ4v) is 0.291. The molecule has 0 aromatic heterocycles. The molecule has 0 radical (unpaired) electrons. The van der Waals surface area contributed by atoms with Crippen molar-refractivity contribution in [1.82, 2.24) is 0 Å². The summed E-state index contributed by atoms with van der Waals surface area (Å²) in [5.74, 6) is -0.713. The number of hydrogen-bond acceptors (Lipinski definition) is 3. The van der Waals surface area contributed by atoms with E-state index in [4.69, 9.17) is 0 Å². The molecule has 0 saturated carbocycles. The quantitative estimate of drug-likeness (QED) is 0.405. The molecule has 0 N–H and O–H groups in total. The normalized spacial score (nSPS) is 12.2. The predicted octanol–water partition coefficient (Wildman–Crippen LogP) is 0.0865. The number of carbonyl (C=O) groups is 2. The average molecular weight is 134 g/mol. The van der Waals surface area contributed by atoms with Crippen molar-refractivity contribution in [2.45, 2.75) is 12.6 Å². The molecule has 0 heterocycles. The van der Waals surface area contributed by atoms with Gasteiger partial charge in [-0.3, -0.25) is 4.79 Å². The number of rotatable bonds is 3. The number of esters is 1. The topological polar surface area (TPSA) is 43.4 Å². The second kappa shape index (κ2) is 4.00. The van der Waals surface area contributed by atoms with Crippen LogP contribution in [0.15, 0.2) is 0 Å². The largest absolute Gasteiger partial charge is 0.469 e. The van der Waals surface area contributed by atoms with E-state index < -0.39 is 18.6 Å². The molecule has 9 heavy (non-hydrogen) atoms. The van der Waals surface area contributed by atoms with Crippen molar-refractivity contribution in [3.05, 3.63) is 0 Å². The molecular weight excluding hydrogens is 127 g/mol. The SMILES string of the molecule is COC(=O)CC(F)C=O. The molecule has 0 amide bonds.